The van der Waals surface area contributed by atoms with Gasteiger partial charge in [-0.1, -0.05) is 5.16 Å². The Labute approximate surface area is 91.2 Å². The summed E-state index contributed by atoms with van der Waals surface area (Å²) >= 11 is 0. The summed E-state index contributed by atoms with van der Waals surface area (Å²) in [5.41, 5.74) is -0.154. The Bertz CT molecular complexity index is 341. The maximum absolute atomic E-state index is 12.0. The Balaban J connectivity index is 2.52. The lowest BCUT2D eigenvalue weighted by atomic mass is 10.1. The van der Waals surface area contributed by atoms with Crippen molar-refractivity contribution in [3.8, 4) is 0 Å². The number of aromatic nitrogens is 2. The molecule has 1 aromatic heterocycles. The predicted molar refractivity (Wildman–Crippen MR) is 50.6 cm³/mol. The van der Waals surface area contributed by atoms with E-state index in [1.807, 2.05) is 20.8 Å². The van der Waals surface area contributed by atoms with Crippen LogP contribution in [0.1, 0.15) is 32.5 Å². The highest BCUT2D eigenvalue weighted by Crippen LogP contribution is 2.19. The molecule has 0 radical (unpaired) electrons. The van der Waals surface area contributed by atoms with Gasteiger partial charge in [-0.25, -0.2) is 0 Å². The molecule has 0 bridgehead atoms. The van der Waals surface area contributed by atoms with E-state index in [4.69, 9.17) is 0 Å². The number of alkyl halides is 3. The number of nitrogens with zero attached hydrogens (tertiary/aromatic N) is 2. The van der Waals surface area contributed by atoms with Crippen molar-refractivity contribution in [2.75, 3.05) is 0 Å². The van der Waals surface area contributed by atoms with Crippen LogP contribution >= 0.6 is 0 Å². The minimum absolute atomic E-state index is 0.154. The number of hydrogen-bond donors (Lipinski definition) is 1. The first kappa shape index (κ1) is 13.0. The Kier molecular flexibility index (Phi) is 3.57. The van der Waals surface area contributed by atoms with Crippen molar-refractivity contribution in [2.45, 2.75) is 45.5 Å². The molecule has 0 aliphatic carbocycles. The molecule has 16 heavy (non-hydrogen) atoms. The summed E-state index contributed by atoms with van der Waals surface area (Å²) in [5.74, 6) is -0.174. The topological polar surface area (TPSA) is 51.0 Å². The zero-order valence-corrected chi connectivity index (χ0v) is 9.35. The Morgan fingerprint density at radius 1 is 1.25 bits per heavy atom. The largest absolute Gasteiger partial charge is 0.396 e. The van der Waals surface area contributed by atoms with Gasteiger partial charge in [0.2, 0.25) is 5.89 Å². The van der Waals surface area contributed by atoms with Crippen LogP contribution in [0.3, 0.4) is 0 Å². The van der Waals surface area contributed by atoms with Gasteiger partial charge in [0.1, 0.15) is 6.42 Å². The number of hydrogen-bond acceptors (Lipinski definition) is 4. The molecule has 1 aromatic rings. The van der Waals surface area contributed by atoms with E-state index in [9.17, 15) is 13.2 Å². The average Bonchev–Trinajstić information content (AvgIpc) is 2.44. The quantitative estimate of drug-likeness (QED) is 0.874. The molecular weight excluding hydrogens is 223 g/mol. The van der Waals surface area contributed by atoms with Crippen LogP contribution in [0, 0.1) is 0 Å². The Morgan fingerprint density at radius 3 is 2.38 bits per heavy atom. The smallest absolute Gasteiger partial charge is 0.338 e. The van der Waals surface area contributed by atoms with Gasteiger partial charge in [0.25, 0.3) is 0 Å². The summed E-state index contributed by atoms with van der Waals surface area (Å²) in [5, 5.41) is 6.29. The summed E-state index contributed by atoms with van der Waals surface area (Å²) in [4.78, 5) is 3.64. The zero-order chi connectivity index (χ0) is 12.4. The van der Waals surface area contributed by atoms with Crippen molar-refractivity contribution in [2.24, 2.45) is 0 Å². The standard InChI is InChI=1S/C9H14F3N3O/c1-8(2,3)13-5-7-14-6(15-16-7)4-9(10,11)12/h13H,4-5H2,1-3H3. The molecule has 0 aliphatic rings. The number of rotatable bonds is 3. The minimum Gasteiger partial charge on any atom is -0.338 e. The first-order chi connectivity index (χ1) is 7.16. The van der Waals surface area contributed by atoms with Crippen LogP contribution in [-0.4, -0.2) is 21.9 Å². The molecule has 0 unspecified atom stereocenters. The van der Waals surface area contributed by atoms with E-state index < -0.39 is 12.6 Å². The van der Waals surface area contributed by atoms with Crippen molar-refractivity contribution in [1.82, 2.24) is 15.5 Å². The van der Waals surface area contributed by atoms with Crippen LogP contribution in [-0.2, 0) is 13.0 Å². The summed E-state index contributed by atoms with van der Waals surface area (Å²) < 4.78 is 40.6. The van der Waals surface area contributed by atoms with Gasteiger partial charge in [0.15, 0.2) is 5.82 Å². The molecule has 0 saturated carbocycles. The molecule has 0 fully saturated rings. The molecule has 0 atom stereocenters. The maximum atomic E-state index is 12.0. The molecule has 92 valence electrons. The van der Waals surface area contributed by atoms with Gasteiger partial charge >= 0.3 is 6.18 Å². The molecule has 0 aliphatic heterocycles. The van der Waals surface area contributed by atoms with Crippen molar-refractivity contribution < 1.29 is 17.7 Å². The van der Waals surface area contributed by atoms with Crippen molar-refractivity contribution >= 4 is 0 Å². The third-order valence-corrected chi connectivity index (χ3v) is 1.64. The van der Waals surface area contributed by atoms with E-state index in [-0.39, 0.29) is 23.8 Å². The van der Waals surface area contributed by atoms with Gasteiger partial charge in [0, 0.05) is 5.54 Å². The fourth-order valence-corrected chi connectivity index (χ4v) is 0.954. The number of halogens is 3. The SMILES string of the molecule is CC(C)(C)NCc1nc(CC(F)(F)F)no1. The summed E-state index contributed by atoms with van der Waals surface area (Å²) in [7, 11) is 0. The van der Waals surface area contributed by atoms with Crippen LogP contribution in [0.4, 0.5) is 13.2 Å². The van der Waals surface area contributed by atoms with E-state index in [0.29, 0.717) is 0 Å². The zero-order valence-electron chi connectivity index (χ0n) is 9.35. The molecule has 0 saturated heterocycles. The lowest BCUT2D eigenvalue weighted by molar-refractivity contribution is -0.128. The van der Waals surface area contributed by atoms with E-state index in [2.05, 4.69) is 20.0 Å². The fourth-order valence-electron chi connectivity index (χ4n) is 0.954. The van der Waals surface area contributed by atoms with Crippen LogP contribution in [0.2, 0.25) is 0 Å². The van der Waals surface area contributed by atoms with Gasteiger partial charge in [-0.05, 0) is 20.8 Å². The molecule has 7 heteroatoms. The monoisotopic (exact) mass is 237 g/mol. The molecule has 1 heterocycles. The minimum atomic E-state index is -4.31. The van der Waals surface area contributed by atoms with Gasteiger partial charge in [0.05, 0.1) is 6.54 Å². The normalized spacial score (nSPS) is 13.1. The average molecular weight is 237 g/mol. The first-order valence-corrected chi connectivity index (χ1v) is 4.79. The van der Waals surface area contributed by atoms with Crippen molar-refractivity contribution in [1.29, 1.82) is 0 Å². The summed E-state index contributed by atoms with van der Waals surface area (Å²) in [6, 6.07) is 0. The molecule has 0 aromatic carbocycles. The number of nitrogens with one attached hydrogen (secondary N) is 1. The molecule has 4 nitrogen and oxygen atoms in total. The van der Waals surface area contributed by atoms with Crippen molar-refractivity contribution in [3.05, 3.63) is 11.7 Å². The second-order valence-electron chi connectivity index (χ2n) is 4.50. The first-order valence-electron chi connectivity index (χ1n) is 4.79. The molecule has 0 spiro atoms. The highest BCUT2D eigenvalue weighted by molar-refractivity contribution is 4.89. The Morgan fingerprint density at radius 2 is 1.88 bits per heavy atom. The van der Waals surface area contributed by atoms with Crippen molar-refractivity contribution in [3.63, 3.8) is 0 Å². The summed E-state index contributed by atoms with van der Waals surface area (Å²) in [6.45, 7) is 6.05. The predicted octanol–water partition coefficient (Wildman–Crippen LogP) is 2.06. The van der Waals surface area contributed by atoms with Gasteiger partial charge in [-0.3, -0.25) is 0 Å². The van der Waals surface area contributed by atoms with Crippen LogP contribution in [0.25, 0.3) is 0 Å². The fraction of sp³-hybridized carbons (Fsp3) is 0.778. The molecule has 1 rings (SSSR count). The lowest BCUT2D eigenvalue weighted by Gasteiger charge is -2.18. The third kappa shape index (κ3) is 5.11. The highest BCUT2D eigenvalue weighted by Gasteiger charge is 2.30. The second-order valence-corrected chi connectivity index (χ2v) is 4.50. The molecular formula is C9H14F3N3O. The van der Waals surface area contributed by atoms with Gasteiger partial charge < -0.3 is 9.84 Å². The van der Waals surface area contributed by atoms with Crippen LogP contribution in [0.5, 0.6) is 0 Å². The van der Waals surface area contributed by atoms with Gasteiger partial charge in [-0.2, -0.15) is 18.2 Å². The second kappa shape index (κ2) is 4.40. The van der Waals surface area contributed by atoms with E-state index in [1.54, 1.807) is 0 Å². The Hall–Kier alpha value is -1.11. The van der Waals surface area contributed by atoms with E-state index in [0.717, 1.165) is 0 Å². The van der Waals surface area contributed by atoms with Crippen LogP contribution in [0.15, 0.2) is 4.52 Å². The molecule has 0 amide bonds. The lowest BCUT2D eigenvalue weighted by Crippen LogP contribution is -2.35. The molecule has 1 N–H and O–H groups in total. The summed E-state index contributed by atoms with van der Waals surface area (Å²) in [6.07, 6.45) is -5.47. The van der Waals surface area contributed by atoms with Gasteiger partial charge in [-0.15, -0.1) is 0 Å². The highest BCUT2D eigenvalue weighted by atomic mass is 19.4. The van der Waals surface area contributed by atoms with E-state index in [1.165, 1.54) is 0 Å². The van der Waals surface area contributed by atoms with E-state index >= 15 is 0 Å². The van der Waals surface area contributed by atoms with Crippen LogP contribution < -0.4 is 5.32 Å². The third-order valence-electron chi connectivity index (χ3n) is 1.64. The maximum Gasteiger partial charge on any atom is 0.396 e.